The summed E-state index contributed by atoms with van der Waals surface area (Å²) in [6.07, 6.45) is 2.50. The third-order valence-electron chi connectivity index (χ3n) is 0.802. The van der Waals surface area contributed by atoms with Crippen LogP contribution in [0, 0.1) is 28.6 Å². The summed E-state index contributed by atoms with van der Waals surface area (Å²) in [5.41, 5.74) is 0. The molecule has 0 spiro atoms. The Morgan fingerprint density at radius 2 is 2.00 bits per heavy atom. The van der Waals surface area contributed by atoms with Crippen molar-refractivity contribution in [3.63, 3.8) is 0 Å². The van der Waals surface area contributed by atoms with Gasteiger partial charge in [-0.05, 0) is 19.1 Å². The summed E-state index contributed by atoms with van der Waals surface area (Å²) in [5, 5.41) is 16.4. The lowest BCUT2D eigenvalue weighted by Gasteiger charge is -1.83. The first-order valence-electron chi connectivity index (χ1n) is 2.68. The number of ketones is 1. The fraction of sp³-hybridized carbons (Fsp3) is 0.286. The Kier molecular flexibility index (Phi) is 3.60. The molecule has 0 aromatic heterocycles. The van der Waals surface area contributed by atoms with Gasteiger partial charge in [0.2, 0.25) is 0 Å². The molecule has 0 aliphatic carbocycles. The molecule has 0 saturated heterocycles. The van der Waals surface area contributed by atoms with E-state index in [4.69, 9.17) is 10.5 Å². The van der Waals surface area contributed by atoms with Crippen LogP contribution in [-0.2, 0) is 4.79 Å². The van der Waals surface area contributed by atoms with E-state index in [0.29, 0.717) is 0 Å². The number of rotatable bonds is 2. The highest BCUT2D eigenvalue weighted by Crippen LogP contribution is 1.93. The van der Waals surface area contributed by atoms with Crippen molar-refractivity contribution >= 4 is 5.78 Å². The average molecular weight is 134 g/mol. The molecule has 3 nitrogen and oxygen atoms in total. The topological polar surface area (TPSA) is 64.7 Å². The van der Waals surface area contributed by atoms with Gasteiger partial charge in [0.1, 0.15) is 0 Å². The number of nitrogens with zero attached hydrogens (tertiary/aromatic N) is 2. The number of allylic oxidation sites excluding steroid dienone is 2. The van der Waals surface area contributed by atoms with Gasteiger partial charge in [-0.25, -0.2) is 0 Å². The Balaban J connectivity index is 4.04. The Labute approximate surface area is 59.2 Å². The molecule has 0 atom stereocenters. The molecular formula is C7H6N2O. The summed E-state index contributed by atoms with van der Waals surface area (Å²) in [4.78, 5) is 10.3. The van der Waals surface area contributed by atoms with E-state index < -0.39 is 5.92 Å². The molecule has 3 heteroatoms. The van der Waals surface area contributed by atoms with Crippen molar-refractivity contribution in [2.45, 2.75) is 6.92 Å². The molecule has 0 amide bonds. The maximum absolute atomic E-state index is 10.3. The van der Waals surface area contributed by atoms with Crippen molar-refractivity contribution in [1.29, 1.82) is 10.5 Å². The Hall–Kier alpha value is -1.61. The van der Waals surface area contributed by atoms with Gasteiger partial charge in [0, 0.05) is 0 Å². The monoisotopic (exact) mass is 134 g/mol. The second kappa shape index (κ2) is 4.29. The Morgan fingerprint density at radius 3 is 2.30 bits per heavy atom. The normalized spacial score (nSPS) is 9.20. The predicted octanol–water partition coefficient (Wildman–Crippen LogP) is 0.795. The summed E-state index contributed by atoms with van der Waals surface area (Å²) < 4.78 is 0. The molecule has 0 aliphatic rings. The predicted molar refractivity (Wildman–Crippen MR) is 34.5 cm³/mol. The van der Waals surface area contributed by atoms with E-state index in [1.807, 2.05) is 0 Å². The van der Waals surface area contributed by atoms with Crippen LogP contribution in [0.2, 0.25) is 0 Å². The summed E-state index contributed by atoms with van der Waals surface area (Å²) in [6.45, 7) is 1.36. The van der Waals surface area contributed by atoms with Crippen molar-refractivity contribution in [1.82, 2.24) is 0 Å². The molecule has 0 fully saturated rings. The van der Waals surface area contributed by atoms with E-state index in [1.165, 1.54) is 19.1 Å². The summed E-state index contributed by atoms with van der Waals surface area (Å²) >= 11 is 0. The van der Waals surface area contributed by atoms with Crippen molar-refractivity contribution in [3.8, 4) is 12.1 Å². The zero-order valence-corrected chi connectivity index (χ0v) is 5.53. The van der Waals surface area contributed by atoms with Gasteiger partial charge in [-0.15, -0.1) is 0 Å². The van der Waals surface area contributed by atoms with Crippen LogP contribution in [-0.4, -0.2) is 5.78 Å². The van der Waals surface area contributed by atoms with E-state index >= 15 is 0 Å². The average Bonchev–Trinajstić information content (AvgIpc) is 1.90. The maximum atomic E-state index is 10.3. The van der Waals surface area contributed by atoms with Gasteiger partial charge in [0.25, 0.3) is 0 Å². The zero-order valence-electron chi connectivity index (χ0n) is 5.53. The first-order chi connectivity index (χ1) is 4.70. The lowest BCUT2D eigenvalue weighted by molar-refractivity contribution is -0.112. The fourth-order valence-corrected chi connectivity index (χ4v) is 0.347. The molecule has 50 valence electrons. The number of hydrogen-bond donors (Lipinski definition) is 0. The number of carbonyl (C=O) groups excluding carboxylic acids is 1. The van der Waals surface area contributed by atoms with Gasteiger partial charge < -0.3 is 0 Å². The molecule has 0 aliphatic heterocycles. The molecule has 0 saturated carbocycles. The van der Waals surface area contributed by atoms with Gasteiger partial charge in [-0.1, -0.05) is 0 Å². The summed E-state index contributed by atoms with van der Waals surface area (Å²) in [5.74, 6) is -0.959. The molecule has 0 unspecified atom stereocenters. The van der Waals surface area contributed by atoms with E-state index in [2.05, 4.69) is 0 Å². The second-order valence-corrected chi connectivity index (χ2v) is 1.71. The van der Waals surface area contributed by atoms with Crippen LogP contribution in [0.25, 0.3) is 0 Å². The smallest absolute Gasteiger partial charge is 0.152 e. The zero-order chi connectivity index (χ0) is 7.98. The molecule has 10 heavy (non-hydrogen) atoms. The number of carbonyl (C=O) groups is 1. The van der Waals surface area contributed by atoms with Crippen molar-refractivity contribution < 1.29 is 4.79 Å². The molecule has 0 bridgehead atoms. The van der Waals surface area contributed by atoms with Crippen LogP contribution < -0.4 is 0 Å². The second-order valence-electron chi connectivity index (χ2n) is 1.71. The third kappa shape index (κ3) is 3.40. The Morgan fingerprint density at radius 1 is 1.50 bits per heavy atom. The van der Waals surface area contributed by atoms with Crippen LogP contribution in [0.1, 0.15) is 6.92 Å². The highest BCUT2D eigenvalue weighted by Gasteiger charge is 1.97. The third-order valence-corrected chi connectivity index (χ3v) is 0.802. The molecule has 0 N–H and O–H groups in total. The van der Waals surface area contributed by atoms with Gasteiger partial charge in [0.05, 0.1) is 12.1 Å². The summed E-state index contributed by atoms with van der Waals surface area (Å²) in [7, 11) is 0. The van der Waals surface area contributed by atoms with Crippen LogP contribution in [0.15, 0.2) is 12.2 Å². The van der Waals surface area contributed by atoms with Crippen LogP contribution in [0.3, 0.4) is 0 Å². The summed E-state index contributed by atoms with van der Waals surface area (Å²) in [6, 6.07) is 3.41. The number of nitriles is 2. The number of hydrogen-bond acceptors (Lipinski definition) is 3. The van der Waals surface area contributed by atoms with Gasteiger partial charge >= 0.3 is 0 Å². The van der Waals surface area contributed by atoms with Crippen LogP contribution in [0.5, 0.6) is 0 Å². The lowest BCUT2D eigenvalue weighted by Crippen LogP contribution is -1.88. The highest BCUT2D eigenvalue weighted by molar-refractivity contribution is 5.87. The molecule has 0 heterocycles. The van der Waals surface area contributed by atoms with E-state index in [-0.39, 0.29) is 5.78 Å². The van der Waals surface area contributed by atoms with E-state index in [0.717, 1.165) is 0 Å². The molecular weight excluding hydrogens is 128 g/mol. The van der Waals surface area contributed by atoms with Crippen molar-refractivity contribution in [2.24, 2.45) is 5.92 Å². The van der Waals surface area contributed by atoms with Crippen molar-refractivity contribution in [3.05, 3.63) is 12.2 Å². The van der Waals surface area contributed by atoms with E-state index in [1.54, 1.807) is 12.1 Å². The maximum Gasteiger partial charge on any atom is 0.152 e. The largest absolute Gasteiger partial charge is 0.295 e. The molecule has 0 aromatic rings. The minimum Gasteiger partial charge on any atom is -0.295 e. The van der Waals surface area contributed by atoms with Gasteiger partial charge in [-0.3, -0.25) is 4.79 Å². The SMILES string of the molecule is CC(=O)C=CC(C#N)C#N. The first kappa shape index (κ1) is 8.39. The Bertz CT molecular complexity index is 215. The molecule has 0 rings (SSSR count). The van der Waals surface area contributed by atoms with E-state index in [9.17, 15) is 4.79 Å². The molecule has 0 aromatic carbocycles. The van der Waals surface area contributed by atoms with Crippen molar-refractivity contribution in [2.75, 3.05) is 0 Å². The van der Waals surface area contributed by atoms with Crippen LogP contribution in [0.4, 0.5) is 0 Å². The van der Waals surface area contributed by atoms with Crippen LogP contribution >= 0.6 is 0 Å². The fourth-order valence-electron chi connectivity index (χ4n) is 0.347. The standard InChI is InChI=1S/C7H6N2O/c1-6(10)2-3-7(4-8)5-9/h2-3,7H,1H3. The first-order valence-corrected chi connectivity index (χ1v) is 2.68. The van der Waals surface area contributed by atoms with Gasteiger partial charge in [-0.2, -0.15) is 10.5 Å². The lowest BCUT2D eigenvalue weighted by atomic mass is 10.2. The minimum absolute atomic E-state index is 0.157. The highest BCUT2D eigenvalue weighted by atomic mass is 16.1. The quantitative estimate of drug-likeness (QED) is 0.524. The van der Waals surface area contributed by atoms with Gasteiger partial charge in [0.15, 0.2) is 11.7 Å². The molecule has 0 radical (unpaired) electrons. The minimum atomic E-state index is -0.802.